The molecule has 2 heteroatoms. The van der Waals surface area contributed by atoms with E-state index in [0.29, 0.717) is 0 Å². The average molecular weight is 402 g/mol. The van der Waals surface area contributed by atoms with Gasteiger partial charge in [0, 0.05) is 14.4 Å². The molecule has 0 N–H and O–H groups in total. The first-order valence-electron chi connectivity index (χ1n) is 7.01. The number of halogens is 2. The van der Waals surface area contributed by atoms with Crippen LogP contribution in [0.25, 0.3) is 22.4 Å². The molecule has 0 aliphatic heterocycles. The molecule has 0 aromatic heterocycles. The minimum atomic E-state index is 0.0343. The molecule has 0 amide bonds. The summed E-state index contributed by atoms with van der Waals surface area (Å²) in [5.74, 6) is 0. The van der Waals surface area contributed by atoms with Crippen molar-refractivity contribution in [3.8, 4) is 0 Å². The van der Waals surface area contributed by atoms with E-state index >= 15 is 0 Å². The van der Waals surface area contributed by atoms with E-state index in [-0.39, 0.29) is 5.41 Å². The average Bonchev–Trinajstić information content (AvgIpc) is 2.77. The standard InChI is InChI=1S/C19H14Br2/c1-19(2)10-12(20)7-11-8-15-13-5-3-4-6-14(13)17(21)9-16(15)18(11)19/h3-10H,1-2H3. The summed E-state index contributed by atoms with van der Waals surface area (Å²) in [4.78, 5) is 0. The maximum Gasteiger partial charge on any atom is 0.0260 e. The molecule has 0 heterocycles. The van der Waals surface area contributed by atoms with Crippen molar-refractivity contribution in [2.24, 2.45) is 5.41 Å². The highest BCUT2D eigenvalue weighted by Crippen LogP contribution is 2.42. The summed E-state index contributed by atoms with van der Waals surface area (Å²) in [6.07, 6.45) is 6.84. The second-order valence-electron chi connectivity index (χ2n) is 6.24. The zero-order chi connectivity index (χ0) is 14.8. The topological polar surface area (TPSA) is 0 Å². The molecule has 0 unspecified atom stereocenters. The summed E-state index contributed by atoms with van der Waals surface area (Å²) >= 11 is 7.40. The summed E-state index contributed by atoms with van der Waals surface area (Å²) in [6.45, 7) is 4.56. The number of fused-ring (bicyclic) bond motifs is 4. The fraction of sp³-hybridized carbons (Fsp3) is 0.158. The van der Waals surface area contributed by atoms with E-state index in [1.54, 1.807) is 0 Å². The van der Waals surface area contributed by atoms with Crippen molar-refractivity contribution < 1.29 is 0 Å². The van der Waals surface area contributed by atoms with Crippen LogP contribution in [0.3, 0.4) is 0 Å². The molecule has 0 saturated heterocycles. The second kappa shape index (κ2) is 4.44. The van der Waals surface area contributed by atoms with Crippen molar-refractivity contribution in [2.45, 2.75) is 13.8 Å². The lowest BCUT2D eigenvalue weighted by atomic mass is 9.77. The van der Waals surface area contributed by atoms with Gasteiger partial charge in [-0.05, 0) is 50.6 Å². The predicted octanol–water partition coefficient (Wildman–Crippen LogP) is 4.79. The van der Waals surface area contributed by atoms with Crippen molar-refractivity contribution in [1.29, 1.82) is 0 Å². The van der Waals surface area contributed by atoms with E-state index in [4.69, 9.17) is 0 Å². The van der Waals surface area contributed by atoms with Gasteiger partial charge in [0.1, 0.15) is 0 Å². The van der Waals surface area contributed by atoms with Gasteiger partial charge < -0.3 is 0 Å². The van der Waals surface area contributed by atoms with Crippen LogP contribution in [0.4, 0.5) is 0 Å². The van der Waals surface area contributed by atoms with Gasteiger partial charge in [-0.25, -0.2) is 0 Å². The van der Waals surface area contributed by atoms with E-state index in [1.807, 2.05) is 0 Å². The lowest BCUT2D eigenvalue weighted by Crippen LogP contribution is -2.28. The van der Waals surface area contributed by atoms with Crippen LogP contribution < -0.4 is 10.4 Å². The van der Waals surface area contributed by atoms with E-state index < -0.39 is 0 Å². The van der Waals surface area contributed by atoms with Crippen LogP contribution in [0.5, 0.6) is 0 Å². The molecule has 0 bridgehead atoms. The summed E-state index contributed by atoms with van der Waals surface area (Å²) in [7, 11) is 0. The third kappa shape index (κ3) is 1.92. The molecule has 0 fully saturated rings. The van der Waals surface area contributed by atoms with Gasteiger partial charge in [-0.2, -0.15) is 0 Å². The van der Waals surface area contributed by atoms with Gasteiger partial charge in [0.25, 0.3) is 0 Å². The van der Waals surface area contributed by atoms with Gasteiger partial charge in [0.05, 0.1) is 0 Å². The quantitative estimate of drug-likeness (QED) is 0.595. The first-order chi connectivity index (χ1) is 9.97. The minimum Gasteiger partial charge on any atom is -0.0616 e. The third-order valence-electron chi connectivity index (χ3n) is 4.33. The molecule has 0 saturated carbocycles. The SMILES string of the molecule is CC1(C)C=C(Br)C=C2C=c3c(cc(Br)c4ccccc34)=C21. The van der Waals surface area contributed by atoms with Crippen molar-refractivity contribution in [3.63, 3.8) is 0 Å². The first kappa shape index (κ1) is 13.5. The van der Waals surface area contributed by atoms with Crippen LogP contribution in [-0.2, 0) is 0 Å². The molecule has 2 aromatic carbocycles. The summed E-state index contributed by atoms with van der Waals surface area (Å²) in [5.41, 5.74) is 2.78. The Morgan fingerprint density at radius 3 is 2.43 bits per heavy atom. The van der Waals surface area contributed by atoms with Crippen LogP contribution in [0.15, 0.2) is 57.0 Å². The Morgan fingerprint density at radius 2 is 1.67 bits per heavy atom. The number of allylic oxidation sites excluding steroid dienone is 4. The van der Waals surface area contributed by atoms with Crippen molar-refractivity contribution in [3.05, 3.63) is 67.4 Å². The summed E-state index contributed by atoms with van der Waals surface area (Å²) < 4.78 is 2.34. The molecular formula is C19H14Br2. The van der Waals surface area contributed by atoms with Crippen molar-refractivity contribution >= 4 is 54.3 Å². The smallest absolute Gasteiger partial charge is 0.0260 e. The number of hydrogen-bond donors (Lipinski definition) is 0. The number of hydrogen-bond acceptors (Lipinski definition) is 0. The maximum absolute atomic E-state index is 3.75. The highest BCUT2D eigenvalue weighted by atomic mass is 79.9. The van der Waals surface area contributed by atoms with Crippen molar-refractivity contribution in [1.82, 2.24) is 0 Å². The Morgan fingerprint density at radius 1 is 0.952 bits per heavy atom. The first-order valence-corrected chi connectivity index (χ1v) is 8.60. The van der Waals surface area contributed by atoms with Crippen molar-refractivity contribution in [2.75, 3.05) is 0 Å². The summed E-state index contributed by atoms with van der Waals surface area (Å²) in [5, 5.41) is 5.29. The zero-order valence-corrected chi connectivity index (χ0v) is 15.0. The molecule has 2 aliphatic rings. The van der Waals surface area contributed by atoms with Crippen LogP contribution in [0.2, 0.25) is 0 Å². The molecular weight excluding hydrogens is 388 g/mol. The van der Waals surface area contributed by atoms with E-state index in [9.17, 15) is 0 Å². The Kier molecular flexibility index (Phi) is 2.86. The highest BCUT2D eigenvalue weighted by molar-refractivity contribution is 9.12. The monoisotopic (exact) mass is 400 g/mol. The van der Waals surface area contributed by atoms with Gasteiger partial charge in [-0.3, -0.25) is 0 Å². The fourth-order valence-electron chi connectivity index (χ4n) is 3.54. The lowest BCUT2D eigenvalue weighted by Gasteiger charge is -2.28. The molecule has 2 aromatic rings. The molecule has 2 aliphatic carbocycles. The van der Waals surface area contributed by atoms with E-state index in [2.05, 4.69) is 94.3 Å². The zero-order valence-electron chi connectivity index (χ0n) is 11.9. The molecule has 21 heavy (non-hydrogen) atoms. The largest absolute Gasteiger partial charge is 0.0616 e. The summed E-state index contributed by atoms with van der Waals surface area (Å²) in [6, 6.07) is 10.9. The Labute approximate surface area is 140 Å². The molecule has 4 rings (SSSR count). The molecule has 0 atom stereocenters. The molecule has 104 valence electrons. The van der Waals surface area contributed by atoms with Crippen LogP contribution in [0, 0.1) is 5.41 Å². The van der Waals surface area contributed by atoms with Gasteiger partial charge in [0.15, 0.2) is 0 Å². The minimum absolute atomic E-state index is 0.0343. The normalized spacial score (nSPS) is 18.8. The van der Waals surface area contributed by atoms with Gasteiger partial charge in [0.2, 0.25) is 0 Å². The van der Waals surface area contributed by atoms with Crippen LogP contribution in [0.1, 0.15) is 13.8 Å². The Bertz CT molecular complexity index is 973. The number of benzene rings is 2. The Hall–Kier alpha value is -1.12. The lowest BCUT2D eigenvalue weighted by molar-refractivity contribution is 0.643. The van der Waals surface area contributed by atoms with E-state index in [1.165, 1.54) is 41.3 Å². The molecule has 0 nitrogen and oxygen atoms in total. The van der Waals surface area contributed by atoms with Crippen LogP contribution >= 0.6 is 31.9 Å². The van der Waals surface area contributed by atoms with E-state index in [0.717, 1.165) is 0 Å². The third-order valence-corrected chi connectivity index (χ3v) is 5.44. The van der Waals surface area contributed by atoms with Crippen LogP contribution in [-0.4, -0.2) is 0 Å². The number of rotatable bonds is 0. The maximum atomic E-state index is 3.75. The molecule has 0 radical (unpaired) electrons. The predicted molar refractivity (Wildman–Crippen MR) is 97.6 cm³/mol. The fourth-order valence-corrected chi connectivity index (χ4v) is 4.93. The highest BCUT2D eigenvalue weighted by Gasteiger charge is 2.30. The second-order valence-corrected chi connectivity index (χ2v) is 8.01. The van der Waals surface area contributed by atoms with Gasteiger partial charge in [-0.15, -0.1) is 0 Å². The van der Waals surface area contributed by atoms with Gasteiger partial charge in [-0.1, -0.05) is 76.0 Å². The van der Waals surface area contributed by atoms with Gasteiger partial charge >= 0.3 is 0 Å². The Balaban J connectivity index is 2.25. The molecule has 0 spiro atoms.